The average Bonchev–Trinajstić information content (AvgIpc) is 2.64. The average molecular weight is 396 g/mol. The second kappa shape index (κ2) is 11.2. The molecule has 0 spiro atoms. The first-order chi connectivity index (χ1) is 12.0. The van der Waals surface area contributed by atoms with Crippen LogP contribution in [0.15, 0.2) is 91.0 Å². The zero-order valence-electron chi connectivity index (χ0n) is 15.7. The Hall–Kier alpha value is -0.0300. The summed E-state index contributed by atoms with van der Waals surface area (Å²) in [5.41, 5.74) is 2.23. The summed E-state index contributed by atoms with van der Waals surface area (Å²) < 4.78 is 0. The molecule has 0 atom stereocenters. The van der Waals surface area contributed by atoms with Crippen molar-refractivity contribution in [2.45, 2.75) is 11.8 Å². The predicted molar refractivity (Wildman–Crippen MR) is 95.6 cm³/mol. The third-order valence-corrected chi connectivity index (χ3v) is 5.33. The molecule has 3 rings (SSSR count). The summed E-state index contributed by atoms with van der Waals surface area (Å²) in [5, 5.41) is 0. The van der Waals surface area contributed by atoms with E-state index in [1.54, 1.807) is 0 Å². The minimum Gasteiger partial charge on any atom is -0.688 e. The molecule has 0 aliphatic carbocycles. The largest absolute Gasteiger partial charge is 1.00 e. The molecule has 0 radical (unpaired) electrons. The maximum atomic E-state index is 11.4. The Kier molecular flexibility index (Phi) is 10.4. The molecule has 0 amide bonds. The fraction of sp³-hybridized carbons (Fsp3) is 0.143. The van der Waals surface area contributed by atoms with Crippen molar-refractivity contribution in [1.82, 2.24) is 0 Å². The minimum atomic E-state index is -4.62. The molecular formula is C21H19Na2O3P. The molecule has 0 fully saturated rings. The second-order valence-electron chi connectivity index (χ2n) is 6.09. The van der Waals surface area contributed by atoms with E-state index in [9.17, 15) is 14.7 Å². The van der Waals surface area contributed by atoms with Gasteiger partial charge in [0.05, 0.1) is 0 Å². The molecule has 6 heteroatoms. The predicted octanol–water partition coefficient (Wildman–Crippen LogP) is -3.74. The second-order valence-corrected chi connectivity index (χ2v) is 7.76. The zero-order valence-corrected chi connectivity index (χ0v) is 20.6. The Morgan fingerprint density at radius 2 is 0.852 bits per heavy atom. The van der Waals surface area contributed by atoms with E-state index in [2.05, 4.69) is 0 Å². The number of rotatable bonds is 6. The summed E-state index contributed by atoms with van der Waals surface area (Å²) in [5.74, 6) is 0. The van der Waals surface area contributed by atoms with Crippen LogP contribution in [0.25, 0.3) is 0 Å². The quantitative estimate of drug-likeness (QED) is 0.244. The van der Waals surface area contributed by atoms with Gasteiger partial charge in [-0.2, -0.15) is 7.94 Å². The molecule has 3 nitrogen and oxygen atoms in total. The van der Waals surface area contributed by atoms with E-state index < -0.39 is 19.5 Å². The van der Waals surface area contributed by atoms with Crippen LogP contribution in [0.4, 0.5) is 0 Å². The van der Waals surface area contributed by atoms with Gasteiger partial charge in [0.25, 0.3) is 0 Å². The van der Waals surface area contributed by atoms with E-state index in [0.29, 0.717) is 0 Å². The van der Waals surface area contributed by atoms with Gasteiger partial charge >= 0.3 is 59.1 Å². The first kappa shape index (κ1) is 25.0. The minimum absolute atomic E-state index is 0. The van der Waals surface area contributed by atoms with Gasteiger partial charge in [-0.15, -0.1) is 0 Å². The van der Waals surface area contributed by atoms with Gasteiger partial charge in [0.2, 0.25) is 0 Å². The summed E-state index contributed by atoms with van der Waals surface area (Å²) in [6.07, 6.45) is -0.193. The standard InChI is InChI=1S/C21H21O3P.2Na/c22-25(23,24)17-16-21(18-10-4-1-5-11-18,19-12-6-2-7-13-19)20-14-8-3-9-15-20;;/h1-15H,16-17H2,(H2,22,23,24);;/q;2*+1/p-2. The monoisotopic (exact) mass is 396 g/mol. The van der Waals surface area contributed by atoms with Gasteiger partial charge in [0, 0.05) is 11.6 Å². The van der Waals surface area contributed by atoms with Crippen LogP contribution in [-0.4, -0.2) is 6.16 Å². The smallest absolute Gasteiger partial charge is 0.688 e. The maximum Gasteiger partial charge on any atom is 1.00 e. The molecule has 0 N–H and O–H groups in total. The molecule has 0 unspecified atom stereocenters. The van der Waals surface area contributed by atoms with Crippen LogP contribution < -0.4 is 73.8 Å². The van der Waals surface area contributed by atoms with Gasteiger partial charge in [-0.25, -0.2) is 0 Å². The van der Waals surface area contributed by atoms with E-state index in [1.165, 1.54) is 0 Å². The van der Waals surface area contributed by atoms with Crippen molar-refractivity contribution < 1.29 is 73.8 Å². The van der Waals surface area contributed by atoms with Crippen molar-refractivity contribution in [2.24, 2.45) is 0 Å². The fourth-order valence-electron chi connectivity index (χ4n) is 3.41. The summed E-state index contributed by atoms with van der Waals surface area (Å²) in [6.45, 7) is 0. The topological polar surface area (TPSA) is 69.2 Å². The number of hydrogen-bond acceptors (Lipinski definition) is 3. The Bertz CT molecular complexity index is 697. The van der Waals surface area contributed by atoms with E-state index in [4.69, 9.17) is 0 Å². The van der Waals surface area contributed by atoms with Gasteiger partial charge in [-0.3, -0.25) is 0 Å². The van der Waals surface area contributed by atoms with E-state index in [-0.39, 0.29) is 65.5 Å². The molecule has 0 saturated carbocycles. The SMILES string of the molecule is [Na+].[Na+].[O-][P+]([O-])([O-])CCC(c1ccccc1)(c1ccccc1)c1ccccc1. The van der Waals surface area contributed by atoms with Gasteiger partial charge < -0.3 is 14.7 Å². The number of benzene rings is 3. The number of hydrogen-bond donors (Lipinski definition) is 0. The molecule has 3 aromatic rings. The Morgan fingerprint density at radius 1 is 0.556 bits per heavy atom. The zero-order chi connectivity index (χ0) is 17.8. The summed E-state index contributed by atoms with van der Waals surface area (Å²) >= 11 is 0. The molecule has 0 aromatic heterocycles. The fourth-order valence-corrected chi connectivity index (χ4v) is 4.01. The normalized spacial score (nSPS) is 11.2. The van der Waals surface area contributed by atoms with Crippen LogP contribution in [0.5, 0.6) is 0 Å². The van der Waals surface area contributed by atoms with Crippen LogP contribution in [0, 0.1) is 0 Å². The Labute approximate surface area is 205 Å². The van der Waals surface area contributed by atoms with Crippen molar-refractivity contribution in [3.63, 3.8) is 0 Å². The molecule has 0 aliphatic heterocycles. The summed E-state index contributed by atoms with van der Waals surface area (Å²) in [7, 11) is -4.62. The van der Waals surface area contributed by atoms with Gasteiger partial charge in [-0.05, 0) is 23.1 Å². The third-order valence-electron chi connectivity index (χ3n) is 4.56. The van der Waals surface area contributed by atoms with Crippen LogP contribution in [0.1, 0.15) is 23.1 Å². The van der Waals surface area contributed by atoms with E-state index in [0.717, 1.165) is 16.7 Å². The van der Waals surface area contributed by atoms with Crippen LogP contribution in [-0.2, 0) is 5.41 Å². The van der Waals surface area contributed by atoms with Gasteiger partial charge in [0.1, 0.15) is 0 Å². The Balaban J connectivity index is 0.00000182. The van der Waals surface area contributed by atoms with E-state index >= 15 is 0 Å². The maximum absolute atomic E-state index is 11.4. The molecule has 128 valence electrons. The Morgan fingerprint density at radius 3 is 1.11 bits per heavy atom. The summed E-state index contributed by atoms with van der Waals surface area (Å²) in [6, 6.07) is 29.3. The van der Waals surface area contributed by atoms with Gasteiger partial charge in [0.15, 0.2) is 0 Å². The molecule has 0 aliphatic rings. The molecule has 3 aromatic carbocycles. The molecular weight excluding hydrogens is 377 g/mol. The van der Waals surface area contributed by atoms with Crippen molar-refractivity contribution in [1.29, 1.82) is 0 Å². The first-order valence-electron chi connectivity index (χ1n) is 8.20. The van der Waals surface area contributed by atoms with E-state index in [1.807, 2.05) is 91.0 Å². The van der Waals surface area contributed by atoms with Gasteiger partial charge in [-0.1, -0.05) is 91.0 Å². The van der Waals surface area contributed by atoms with Crippen molar-refractivity contribution >= 4 is 7.94 Å². The molecule has 27 heavy (non-hydrogen) atoms. The van der Waals surface area contributed by atoms with Crippen LogP contribution in [0.2, 0.25) is 0 Å². The van der Waals surface area contributed by atoms with Crippen LogP contribution in [0.3, 0.4) is 0 Å². The first-order valence-corrected chi connectivity index (χ1v) is 9.93. The van der Waals surface area contributed by atoms with Crippen molar-refractivity contribution in [3.05, 3.63) is 108 Å². The third kappa shape index (κ3) is 6.22. The van der Waals surface area contributed by atoms with Crippen LogP contribution >= 0.6 is 7.94 Å². The molecule has 0 saturated heterocycles. The summed E-state index contributed by atoms with van der Waals surface area (Å²) in [4.78, 5) is 34.3. The van der Waals surface area contributed by atoms with Crippen molar-refractivity contribution in [2.75, 3.05) is 6.16 Å². The molecule has 0 heterocycles. The van der Waals surface area contributed by atoms with Crippen molar-refractivity contribution in [3.8, 4) is 0 Å². The molecule has 0 bridgehead atoms.